The van der Waals surface area contributed by atoms with Gasteiger partial charge in [0, 0.05) is 31.5 Å². The molecule has 0 aliphatic rings. The lowest BCUT2D eigenvalue weighted by Gasteiger charge is -2.08. The summed E-state index contributed by atoms with van der Waals surface area (Å²) in [7, 11) is 1.85. The highest BCUT2D eigenvalue weighted by atomic mass is 16.5. The van der Waals surface area contributed by atoms with E-state index in [4.69, 9.17) is 4.52 Å². The fourth-order valence-corrected chi connectivity index (χ4v) is 2.17. The summed E-state index contributed by atoms with van der Waals surface area (Å²) >= 11 is 0. The number of hydrogen-bond donors (Lipinski definition) is 1. The van der Waals surface area contributed by atoms with E-state index in [1.165, 1.54) is 6.20 Å². The number of carbonyl (C=O) groups is 1. The van der Waals surface area contributed by atoms with Crippen molar-refractivity contribution in [3.05, 3.63) is 53.8 Å². The molecule has 7 nitrogen and oxygen atoms in total. The van der Waals surface area contributed by atoms with Gasteiger partial charge < -0.3 is 9.84 Å². The normalized spacial score (nSPS) is 10.6. The Morgan fingerprint density at radius 3 is 2.95 bits per heavy atom. The SMILES string of the molecule is Cc1oncc1C(=O)NCc1cccnc1-c1cnn(C)c1. The van der Waals surface area contributed by atoms with Gasteiger partial charge in [-0.2, -0.15) is 5.10 Å². The van der Waals surface area contributed by atoms with Crippen LogP contribution in [0.15, 0.2) is 41.4 Å². The van der Waals surface area contributed by atoms with Crippen LogP contribution in [0.1, 0.15) is 21.7 Å². The van der Waals surface area contributed by atoms with Crippen molar-refractivity contribution in [2.24, 2.45) is 7.05 Å². The molecule has 0 atom stereocenters. The molecule has 3 aromatic rings. The smallest absolute Gasteiger partial charge is 0.256 e. The molecule has 0 saturated heterocycles. The third-order valence-corrected chi connectivity index (χ3v) is 3.30. The van der Waals surface area contributed by atoms with Gasteiger partial charge in [0.1, 0.15) is 11.3 Å². The molecular weight excluding hydrogens is 282 g/mol. The molecule has 3 rings (SSSR count). The first kappa shape index (κ1) is 14.0. The topological polar surface area (TPSA) is 85.8 Å². The van der Waals surface area contributed by atoms with E-state index in [-0.39, 0.29) is 5.91 Å². The maximum absolute atomic E-state index is 12.1. The molecule has 3 aromatic heterocycles. The van der Waals surface area contributed by atoms with Crippen molar-refractivity contribution in [3.63, 3.8) is 0 Å². The second-order valence-corrected chi connectivity index (χ2v) is 4.89. The van der Waals surface area contributed by atoms with E-state index >= 15 is 0 Å². The molecule has 1 amide bonds. The number of hydrogen-bond acceptors (Lipinski definition) is 5. The molecule has 1 N–H and O–H groups in total. The molecular formula is C15H15N5O2. The molecule has 0 aromatic carbocycles. The number of nitrogens with zero attached hydrogens (tertiary/aromatic N) is 4. The molecule has 7 heteroatoms. The molecule has 0 unspecified atom stereocenters. The maximum atomic E-state index is 12.1. The second kappa shape index (κ2) is 5.80. The van der Waals surface area contributed by atoms with Crippen molar-refractivity contribution in [3.8, 4) is 11.3 Å². The lowest BCUT2D eigenvalue weighted by Crippen LogP contribution is -2.23. The summed E-state index contributed by atoms with van der Waals surface area (Å²) in [4.78, 5) is 16.5. The first-order valence-electron chi connectivity index (χ1n) is 6.77. The average Bonchev–Trinajstić information content (AvgIpc) is 3.13. The number of nitrogens with one attached hydrogen (secondary N) is 1. The highest BCUT2D eigenvalue weighted by molar-refractivity contribution is 5.94. The fraction of sp³-hybridized carbons (Fsp3) is 0.200. The highest BCUT2D eigenvalue weighted by Gasteiger charge is 2.14. The van der Waals surface area contributed by atoms with Gasteiger partial charge in [-0.1, -0.05) is 11.2 Å². The molecule has 0 saturated carbocycles. The number of aryl methyl sites for hydroxylation is 2. The molecule has 3 heterocycles. The van der Waals surface area contributed by atoms with Gasteiger partial charge in [0.2, 0.25) is 0 Å². The van der Waals surface area contributed by atoms with Crippen molar-refractivity contribution >= 4 is 5.91 Å². The summed E-state index contributed by atoms with van der Waals surface area (Å²) < 4.78 is 6.61. The Morgan fingerprint density at radius 1 is 1.41 bits per heavy atom. The van der Waals surface area contributed by atoms with Crippen LogP contribution in [-0.4, -0.2) is 25.8 Å². The standard InChI is InChI=1S/C15H15N5O2/c1-10-13(8-19-22-10)15(21)17-6-11-4-3-5-16-14(11)12-7-18-20(2)9-12/h3-5,7-9H,6H2,1-2H3,(H,17,21). The van der Waals surface area contributed by atoms with Crippen LogP contribution in [0.4, 0.5) is 0 Å². The van der Waals surface area contributed by atoms with Gasteiger partial charge in [-0.15, -0.1) is 0 Å². The molecule has 0 aliphatic carbocycles. The quantitative estimate of drug-likeness (QED) is 0.792. The van der Waals surface area contributed by atoms with Crippen LogP contribution >= 0.6 is 0 Å². The van der Waals surface area contributed by atoms with Crippen molar-refractivity contribution < 1.29 is 9.32 Å². The Morgan fingerprint density at radius 2 is 2.27 bits per heavy atom. The van der Waals surface area contributed by atoms with E-state index in [0.29, 0.717) is 17.9 Å². The number of rotatable bonds is 4. The predicted molar refractivity (Wildman–Crippen MR) is 78.8 cm³/mol. The zero-order valence-corrected chi connectivity index (χ0v) is 12.3. The molecule has 0 spiro atoms. The maximum Gasteiger partial charge on any atom is 0.256 e. The predicted octanol–water partition coefficient (Wildman–Crippen LogP) is 1.71. The van der Waals surface area contributed by atoms with Crippen LogP contribution < -0.4 is 5.32 Å². The zero-order valence-electron chi connectivity index (χ0n) is 12.3. The lowest BCUT2D eigenvalue weighted by atomic mass is 10.1. The van der Waals surface area contributed by atoms with Crippen molar-refractivity contribution in [1.82, 2.24) is 25.2 Å². The van der Waals surface area contributed by atoms with E-state index in [1.807, 2.05) is 25.4 Å². The number of aromatic nitrogens is 4. The van der Waals surface area contributed by atoms with E-state index in [2.05, 4.69) is 20.6 Å². The van der Waals surface area contributed by atoms with E-state index in [9.17, 15) is 4.79 Å². The van der Waals surface area contributed by atoms with Gasteiger partial charge >= 0.3 is 0 Å². The third kappa shape index (κ3) is 2.73. The first-order valence-corrected chi connectivity index (χ1v) is 6.77. The molecule has 0 bridgehead atoms. The van der Waals surface area contributed by atoms with Gasteiger partial charge in [0.25, 0.3) is 5.91 Å². The first-order chi connectivity index (χ1) is 10.6. The van der Waals surface area contributed by atoms with Crippen LogP contribution in [-0.2, 0) is 13.6 Å². The van der Waals surface area contributed by atoms with Crippen LogP contribution in [0.2, 0.25) is 0 Å². The van der Waals surface area contributed by atoms with Crippen LogP contribution in [0.5, 0.6) is 0 Å². The Bertz CT molecular complexity index is 806. The minimum absolute atomic E-state index is 0.222. The summed E-state index contributed by atoms with van der Waals surface area (Å²) in [6.07, 6.45) is 6.77. The summed E-state index contributed by atoms with van der Waals surface area (Å²) in [5.41, 5.74) is 3.07. The van der Waals surface area contributed by atoms with Crippen LogP contribution in [0.3, 0.4) is 0 Å². The van der Waals surface area contributed by atoms with Crippen LogP contribution in [0, 0.1) is 6.92 Å². The minimum Gasteiger partial charge on any atom is -0.361 e. The fourth-order valence-electron chi connectivity index (χ4n) is 2.17. The second-order valence-electron chi connectivity index (χ2n) is 4.89. The third-order valence-electron chi connectivity index (χ3n) is 3.30. The Balaban J connectivity index is 1.79. The summed E-state index contributed by atoms with van der Waals surface area (Å²) in [6.45, 7) is 2.06. The van der Waals surface area contributed by atoms with Crippen LogP contribution in [0.25, 0.3) is 11.3 Å². The van der Waals surface area contributed by atoms with Crippen molar-refractivity contribution in [1.29, 1.82) is 0 Å². The summed E-state index contributed by atoms with van der Waals surface area (Å²) in [5, 5.41) is 10.6. The van der Waals surface area contributed by atoms with E-state index in [0.717, 1.165) is 16.8 Å². The Labute approximate surface area is 127 Å². The van der Waals surface area contributed by atoms with Crippen molar-refractivity contribution in [2.75, 3.05) is 0 Å². The average molecular weight is 297 g/mol. The number of pyridine rings is 1. The molecule has 0 aliphatic heterocycles. The molecule has 0 fully saturated rings. The van der Waals surface area contributed by atoms with Gasteiger partial charge in [-0.3, -0.25) is 14.5 Å². The number of amides is 1. The van der Waals surface area contributed by atoms with Gasteiger partial charge in [0.15, 0.2) is 0 Å². The monoisotopic (exact) mass is 297 g/mol. The molecule has 22 heavy (non-hydrogen) atoms. The highest BCUT2D eigenvalue weighted by Crippen LogP contribution is 2.20. The van der Waals surface area contributed by atoms with E-state index < -0.39 is 0 Å². The Hall–Kier alpha value is -2.96. The van der Waals surface area contributed by atoms with Gasteiger partial charge in [-0.05, 0) is 18.6 Å². The molecule has 112 valence electrons. The molecule has 0 radical (unpaired) electrons. The summed E-state index contributed by atoms with van der Waals surface area (Å²) in [5.74, 6) is 0.274. The zero-order chi connectivity index (χ0) is 15.5. The largest absolute Gasteiger partial charge is 0.361 e. The van der Waals surface area contributed by atoms with Crippen molar-refractivity contribution in [2.45, 2.75) is 13.5 Å². The minimum atomic E-state index is -0.222. The number of carbonyl (C=O) groups excluding carboxylic acids is 1. The summed E-state index contributed by atoms with van der Waals surface area (Å²) in [6, 6.07) is 3.77. The van der Waals surface area contributed by atoms with Gasteiger partial charge in [-0.25, -0.2) is 0 Å². The van der Waals surface area contributed by atoms with E-state index in [1.54, 1.807) is 24.0 Å². The Kier molecular flexibility index (Phi) is 3.69. The lowest BCUT2D eigenvalue weighted by molar-refractivity contribution is 0.0949. The van der Waals surface area contributed by atoms with Gasteiger partial charge in [0.05, 0.1) is 18.1 Å².